The monoisotopic (exact) mass is 412 g/mol. The van der Waals surface area contributed by atoms with E-state index in [9.17, 15) is 8.78 Å². The smallest absolute Gasteiger partial charge is 0.266 e. The molecule has 2 saturated carbocycles. The van der Waals surface area contributed by atoms with Crippen molar-refractivity contribution in [2.45, 2.75) is 129 Å². The summed E-state index contributed by atoms with van der Waals surface area (Å²) in [5, 5.41) is 0. The summed E-state index contributed by atoms with van der Waals surface area (Å²) in [7, 11) is 0. The predicted octanol–water partition coefficient (Wildman–Crippen LogP) is 9.07. The van der Waals surface area contributed by atoms with Crippen LogP contribution in [-0.2, 0) is 4.74 Å². The van der Waals surface area contributed by atoms with Gasteiger partial charge in [0.25, 0.3) is 6.08 Å². The number of halogens is 2. The summed E-state index contributed by atoms with van der Waals surface area (Å²) >= 11 is 0. The molecular formula is C26H46F2O. The van der Waals surface area contributed by atoms with E-state index in [0.29, 0.717) is 6.10 Å². The number of hydrogen-bond acceptors (Lipinski definition) is 1. The van der Waals surface area contributed by atoms with Crippen LogP contribution in [0, 0.1) is 17.8 Å². The molecule has 0 aliphatic heterocycles. The first-order valence-electron chi connectivity index (χ1n) is 12.8. The third-order valence-corrected chi connectivity index (χ3v) is 7.42. The molecule has 3 heteroatoms. The van der Waals surface area contributed by atoms with Crippen LogP contribution in [0.25, 0.3) is 0 Å². The van der Waals surface area contributed by atoms with Gasteiger partial charge < -0.3 is 4.74 Å². The lowest BCUT2D eigenvalue weighted by Gasteiger charge is -2.37. The van der Waals surface area contributed by atoms with Crippen LogP contribution in [-0.4, -0.2) is 12.7 Å². The van der Waals surface area contributed by atoms with E-state index in [-0.39, 0.29) is 5.92 Å². The van der Waals surface area contributed by atoms with E-state index in [2.05, 4.69) is 6.92 Å². The maximum atomic E-state index is 12.4. The SMILES string of the molecule is CCCCCCCCCCCCOC1CCC(C2CCC(C=C(F)F)CC2)CC1. The highest BCUT2D eigenvalue weighted by Gasteiger charge is 2.30. The molecular weight excluding hydrogens is 366 g/mol. The van der Waals surface area contributed by atoms with E-state index in [1.165, 1.54) is 96.0 Å². The van der Waals surface area contributed by atoms with Crippen LogP contribution in [0.5, 0.6) is 0 Å². The van der Waals surface area contributed by atoms with Crippen molar-refractivity contribution in [2.75, 3.05) is 6.61 Å². The van der Waals surface area contributed by atoms with E-state index >= 15 is 0 Å². The molecule has 0 spiro atoms. The second kappa shape index (κ2) is 15.4. The number of allylic oxidation sites excluding steroid dienone is 1. The van der Waals surface area contributed by atoms with Crippen LogP contribution < -0.4 is 0 Å². The molecule has 0 atom stereocenters. The topological polar surface area (TPSA) is 9.23 Å². The van der Waals surface area contributed by atoms with Gasteiger partial charge in [-0.3, -0.25) is 0 Å². The van der Waals surface area contributed by atoms with Crippen LogP contribution >= 0.6 is 0 Å². The quantitative estimate of drug-likeness (QED) is 0.258. The first-order chi connectivity index (χ1) is 14.2. The standard InChI is InChI=1S/C26H46F2O/c1-2-3-4-5-6-7-8-9-10-11-20-29-25-18-16-24(17-19-25)23-14-12-22(13-15-23)21-26(27)28/h21-25H,2-20H2,1H3. The van der Waals surface area contributed by atoms with Gasteiger partial charge in [0, 0.05) is 6.61 Å². The molecule has 0 aromatic heterocycles. The zero-order valence-electron chi connectivity index (χ0n) is 19.0. The van der Waals surface area contributed by atoms with Crippen LogP contribution in [0.2, 0.25) is 0 Å². The Morgan fingerprint density at radius 1 is 0.690 bits per heavy atom. The Morgan fingerprint density at radius 3 is 1.69 bits per heavy atom. The molecule has 0 saturated heterocycles. The largest absolute Gasteiger partial charge is 0.378 e. The summed E-state index contributed by atoms with van der Waals surface area (Å²) in [5.41, 5.74) is 0. The van der Waals surface area contributed by atoms with Gasteiger partial charge in [-0.25, -0.2) is 0 Å². The van der Waals surface area contributed by atoms with Crippen molar-refractivity contribution in [3.63, 3.8) is 0 Å². The van der Waals surface area contributed by atoms with Gasteiger partial charge in [-0.15, -0.1) is 0 Å². The van der Waals surface area contributed by atoms with Gasteiger partial charge in [-0.1, -0.05) is 64.7 Å². The molecule has 170 valence electrons. The highest BCUT2D eigenvalue weighted by atomic mass is 19.3. The van der Waals surface area contributed by atoms with Crippen molar-refractivity contribution in [2.24, 2.45) is 17.8 Å². The van der Waals surface area contributed by atoms with Gasteiger partial charge in [0.05, 0.1) is 6.10 Å². The maximum Gasteiger partial charge on any atom is 0.266 e. The van der Waals surface area contributed by atoms with Gasteiger partial charge >= 0.3 is 0 Å². The molecule has 2 aliphatic rings. The minimum Gasteiger partial charge on any atom is -0.378 e. The van der Waals surface area contributed by atoms with Crippen LogP contribution in [0.3, 0.4) is 0 Å². The molecule has 29 heavy (non-hydrogen) atoms. The van der Waals surface area contributed by atoms with Crippen LogP contribution in [0.15, 0.2) is 12.2 Å². The van der Waals surface area contributed by atoms with E-state index in [4.69, 9.17) is 4.74 Å². The summed E-state index contributed by atoms with van der Waals surface area (Å²) in [6.45, 7) is 3.22. The van der Waals surface area contributed by atoms with Gasteiger partial charge in [0.15, 0.2) is 0 Å². The molecule has 1 nitrogen and oxygen atoms in total. The Morgan fingerprint density at radius 2 is 1.17 bits per heavy atom. The second-order valence-electron chi connectivity index (χ2n) is 9.72. The minimum atomic E-state index is -1.49. The third kappa shape index (κ3) is 10.9. The molecule has 2 rings (SSSR count). The molecule has 0 bridgehead atoms. The fourth-order valence-corrected chi connectivity index (χ4v) is 5.53. The van der Waals surface area contributed by atoms with Gasteiger partial charge in [-0.05, 0) is 81.6 Å². The Hall–Kier alpha value is -0.440. The highest BCUT2D eigenvalue weighted by Crippen LogP contribution is 2.41. The van der Waals surface area contributed by atoms with Gasteiger partial charge in [0.2, 0.25) is 0 Å². The number of rotatable bonds is 14. The van der Waals surface area contributed by atoms with Gasteiger partial charge in [-0.2, -0.15) is 8.78 Å². The van der Waals surface area contributed by atoms with E-state index < -0.39 is 6.08 Å². The van der Waals surface area contributed by atoms with Gasteiger partial charge in [0.1, 0.15) is 0 Å². The van der Waals surface area contributed by atoms with Crippen molar-refractivity contribution in [3.8, 4) is 0 Å². The number of hydrogen-bond donors (Lipinski definition) is 0. The molecule has 0 heterocycles. The summed E-state index contributed by atoms with van der Waals surface area (Å²) in [5.74, 6) is 1.70. The van der Waals surface area contributed by atoms with Crippen LogP contribution in [0.4, 0.5) is 8.78 Å². The lowest BCUT2D eigenvalue weighted by atomic mass is 9.70. The average molecular weight is 413 g/mol. The van der Waals surface area contributed by atoms with E-state index in [1.807, 2.05) is 0 Å². The average Bonchev–Trinajstić information content (AvgIpc) is 2.73. The number of ether oxygens (including phenoxy) is 1. The zero-order valence-corrected chi connectivity index (χ0v) is 19.0. The minimum absolute atomic E-state index is 0.122. The first kappa shape index (κ1) is 24.8. The van der Waals surface area contributed by atoms with E-state index in [0.717, 1.165) is 44.1 Å². The predicted molar refractivity (Wildman–Crippen MR) is 119 cm³/mol. The summed E-state index contributed by atoms with van der Waals surface area (Å²) in [6, 6.07) is 0. The lowest BCUT2D eigenvalue weighted by Crippen LogP contribution is -2.28. The molecule has 0 radical (unpaired) electrons. The third-order valence-electron chi connectivity index (χ3n) is 7.42. The van der Waals surface area contributed by atoms with Crippen molar-refractivity contribution >= 4 is 0 Å². The van der Waals surface area contributed by atoms with Crippen molar-refractivity contribution in [3.05, 3.63) is 12.2 Å². The summed E-state index contributed by atoms with van der Waals surface area (Å²) in [6.07, 6.45) is 23.1. The summed E-state index contributed by atoms with van der Waals surface area (Å²) in [4.78, 5) is 0. The molecule has 0 N–H and O–H groups in total. The Kier molecular flexibility index (Phi) is 13.2. The molecule has 0 aromatic carbocycles. The first-order valence-corrected chi connectivity index (χ1v) is 12.8. The maximum absolute atomic E-state index is 12.4. The second-order valence-corrected chi connectivity index (χ2v) is 9.72. The van der Waals surface area contributed by atoms with Crippen molar-refractivity contribution < 1.29 is 13.5 Å². The molecule has 2 fully saturated rings. The van der Waals surface area contributed by atoms with E-state index in [1.54, 1.807) is 0 Å². The number of unbranched alkanes of at least 4 members (excludes halogenated alkanes) is 9. The van der Waals surface area contributed by atoms with Crippen molar-refractivity contribution in [1.29, 1.82) is 0 Å². The summed E-state index contributed by atoms with van der Waals surface area (Å²) < 4.78 is 31.0. The zero-order chi connectivity index (χ0) is 20.7. The molecule has 0 unspecified atom stereocenters. The lowest BCUT2D eigenvalue weighted by molar-refractivity contribution is 0.00590. The fraction of sp³-hybridized carbons (Fsp3) is 0.923. The highest BCUT2D eigenvalue weighted by molar-refractivity contribution is 4.92. The normalized spacial score (nSPS) is 27.7. The Balaban J connectivity index is 1.42. The van der Waals surface area contributed by atoms with Crippen LogP contribution in [0.1, 0.15) is 122 Å². The fourth-order valence-electron chi connectivity index (χ4n) is 5.53. The molecule has 2 aliphatic carbocycles. The molecule has 0 amide bonds. The Bertz CT molecular complexity index is 416. The molecule has 0 aromatic rings. The Labute approximate surface area is 179 Å². The van der Waals surface area contributed by atoms with Crippen molar-refractivity contribution in [1.82, 2.24) is 0 Å².